The molecule has 142 valence electrons. The minimum atomic E-state index is 0.782. The molecule has 0 N–H and O–H groups in total. The summed E-state index contributed by atoms with van der Waals surface area (Å²) < 4.78 is 0. The first-order valence-electron chi connectivity index (χ1n) is 10.6. The van der Waals surface area contributed by atoms with E-state index >= 15 is 0 Å². The Morgan fingerprint density at radius 1 is 0.387 bits per heavy atom. The zero-order valence-electron chi connectivity index (χ0n) is 17.0. The van der Waals surface area contributed by atoms with Gasteiger partial charge in [0.25, 0.3) is 0 Å². The third-order valence-corrected chi connectivity index (χ3v) is 6.14. The summed E-state index contributed by atoms with van der Waals surface area (Å²) in [7, 11) is 6.16. The van der Waals surface area contributed by atoms with E-state index in [9.17, 15) is 0 Å². The van der Waals surface area contributed by atoms with E-state index in [2.05, 4.69) is 103 Å². The maximum atomic E-state index is 6.16. The second-order valence-corrected chi connectivity index (χ2v) is 8.03. The normalized spacial score (nSPS) is 11.4. The molecule has 2 radical (unpaired) electrons. The van der Waals surface area contributed by atoms with Gasteiger partial charge in [-0.3, -0.25) is 0 Å². The predicted octanol–water partition coefficient (Wildman–Crippen LogP) is 7.27. The van der Waals surface area contributed by atoms with Crippen LogP contribution in [0.4, 0.5) is 0 Å². The van der Waals surface area contributed by atoms with Gasteiger partial charge in [0.15, 0.2) is 0 Å². The molecule has 1 heteroatoms. The Morgan fingerprint density at radius 3 is 1.48 bits per heavy atom. The van der Waals surface area contributed by atoms with Crippen LogP contribution in [0.5, 0.6) is 0 Å². The van der Waals surface area contributed by atoms with Crippen molar-refractivity contribution in [3.8, 4) is 22.3 Å². The van der Waals surface area contributed by atoms with Crippen molar-refractivity contribution in [1.82, 2.24) is 0 Å². The van der Waals surface area contributed by atoms with Crippen LogP contribution in [-0.4, -0.2) is 7.85 Å². The zero-order chi connectivity index (χ0) is 20.8. The van der Waals surface area contributed by atoms with Gasteiger partial charge in [-0.1, -0.05) is 115 Å². The molecule has 0 aromatic heterocycles. The van der Waals surface area contributed by atoms with Gasteiger partial charge < -0.3 is 0 Å². The van der Waals surface area contributed by atoms with Crippen molar-refractivity contribution in [3.63, 3.8) is 0 Å². The van der Waals surface area contributed by atoms with Gasteiger partial charge in [0, 0.05) is 0 Å². The van der Waals surface area contributed by atoms with Crippen molar-refractivity contribution in [3.05, 3.63) is 115 Å². The number of rotatable bonds is 2. The molecule has 6 aromatic carbocycles. The summed E-state index contributed by atoms with van der Waals surface area (Å²) in [6, 6.07) is 41.0. The lowest BCUT2D eigenvalue weighted by atomic mass is 9.84. The second kappa shape index (κ2) is 7.14. The fraction of sp³-hybridized carbons (Fsp3) is 0. The minimum Gasteiger partial charge on any atom is -0.0961 e. The lowest BCUT2D eigenvalue weighted by Crippen LogP contribution is -2.01. The van der Waals surface area contributed by atoms with Crippen LogP contribution in [0, 0.1) is 0 Å². The molecule has 0 aliphatic rings. The Bertz CT molecular complexity index is 1540. The van der Waals surface area contributed by atoms with Crippen LogP contribution in [0.3, 0.4) is 0 Å². The number of hydrogen-bond donors (Lipinski definition) is 0. The molecular weight excluding hydrogens is 371 g/mol. The first-order valence-corrected chi connectivity index (χ1v) is 10.6. The largest absolute Gasteiger partial charge is 0.113 e. The van der Waals surface area contributed by atoms with Gasteiger partial charge in [0.1, 0.15) is 7.85 Å². The van der Waals surface area contributed by atoms with E-state index in [0.717, 1.165) is 11.0 Å². The van der Waals surface area contributed by atoms with Crippen molar-refractivity contribution in [2.45, 2.75) is 0 Å². The zero-order valence-corrected chi connectivity index (χ0v) is 17.0. The smallest absolute Gasteiger partial charge is 0.0961 e. The number of fused-ring (bicyclic) bond motifs is 3. The van der Waals surface area contributed by atoms with Gasteiger partial charge in [0.2, 0.25) is 0 Å². The van der Waals surface area contributed by atoms with Crippen LogP contribution in [0.2, 0.25) is 0 Å². The SMILES string of the molecule is [B]c1cccc(-c2c3ccccc3c(-c3ccc4ccccc4c3)c3ccccc23)c1. The van der Waals surface area contributed by atoms with E-state index in [0.29, 0.717) is 0 Å². The van der Waals surface area contributed by atoms with Crippen molar-refractivity contribution >= 4 is 45.6 Å². The Kier molecular flexibility index (Phi) is 4.14. The molecule has 0 saturated carbocycles. The van der Waals surface area contributed by atoms with Gasteiger partial charge >= 0.3 is 0 Å². The molecule has 0 unspecified atom stereocenters. The Morgan fingerprint density at radius 2 is 0.903 bits per heavy atom. The molecule has 0 aliphatic carbocycles. The van der Waals surface area contributed by atoms with E-state index in [-0.39, 0.29) is 0 Å². The summed E-state index contributed by atoms with van der Waals surface area (Å²) >= 11 is 0. The van der Waals surface area contributed by atoms with Gasteiger partial charge in [-0.05, 0) is 60.6 Å². The highest BCUT2D eigenvalue weighted by atomic mass is 14.2. The fourth-order valence-electron chi connectivity index (χ4n) is 4.79. The highest BCUT2D eigenvalue weighted by Crippen LogP contribution is 2.43. The Labute approximate surface area is 183 Å². The van der Waals surface area contributed by atoms with E-state index in [1.54, 1.807) is 0 Å². The van der Waals surface area contributed by atoms with E-state index in [4.69, 9.17) is 7.85 Å². The van der Waals surface area contributed by atoms with Crippen LogP contribution in [0.1, 0.15) is 0 Å². The lowest BCUT2D eigenvalue weighted by Gasteiger charge is -2.18. The Balaban J connectivity index is 1.78. The first kappa shape index (κ1) is 18.0. The molecule has 0 aliphatic heterocycles. The molecule has 31 heavy (non-hydrogen) atoms. The van der Waals surface area contributed by atoms with Gasteiger partial charge in [-0.15, -0.1) is 0 Å². The molecule has 0 fully saturated rings. The van der Waals surface area contributed by atoms with Crippen LogP contribution >= 0.6 is 0 Å². The van der Waals surface area contributed by atoms with E-state index < -0.39 is 0 Å². The van der Waals surface area contributed by atoms with Crippen LogP contribution in [0.15, 0.2) is 115 Å². The summed E-state index contributed by atoms with van der Waals surface area (Å²) in [5.74, 6) is 0. The van der Waals surface area contributed by atoms with Crippen molar-refractivity contribution in [1.29, 1.82) is 0 Å². The summed E-state index contributed by atoms with van der Waals surface area (Å²) in [6.45, 7) is 0. The average Bonchev–Trinajstić information content (AvgIpc) is 2.82. The first-order chi connectivity index (χ1) is 15.3. The summed E-state index contributed by atoms with van der Waals surface area (Å²) in [5, 5.41) is 7.53. The highest BCUT2D eigenvalue weighted by molar-refractivity contribution is 6.33. The van der Waals surface area contributed by atoms with E-state index in [1.807, 2.05) is 12.1 Å². The molecular formula is C30H19B. The Hall–Kier alpha value is -3.84. The summed E-state index contributed by atoms with van der Waals surface area (Å²) in [4.78, 5) is 0. The molecule has 0 atom stereocenters. The van der Waals surface area contributed by atoms with Crippen LogP contribution in [0.25, 0.3) is 54.6 Å². The second-order valence-electron chi connectivity index (χ2n) is 8.03. The molecule has 6 rings (SSSR count). The van der Waals surface area contributed by atoms with Crippen molar-refractivity contribution < 1.29 is 0 Å². The molecule has 6 aromatic rings. The van der Waals surface area contributed by atoms with E-state index in [1.165, 1.54) is 49.0 Å². The maximum Gasteiger partial charge on any atom is 0.113 e. The standard InChI is InChI=1S/C30H19B/c31-24-11-7-10-22(19-24)29-25-12-3-5-14-27(25)30(28-15-6-4-13-26(28)29)23-17-16-20-8-1-2-9-21(20)18-23/h1-19H. The third kappa shape index (κ3) is 2.93. The van der Waals surface area contributed by atoms with Gasteiger partial charge in [-0.2, -0.15) is 0 Å². The van der Waals surface area contributed by atoms with Crippen molar-refractivity contribution in [2.75, 3.05) is 0 Å². The predicted molar refractivity (Wildman–Crippen MR) is 135 cm³/mol. The summed E-state index contributed by atoms with van der Waals surface area (Å²) in [5.41, 5.74) is 5.69. The molecule has 0 bridgehead atoms. The highest BCUT2D eigenvalue weighted by Gasteiger charge is 2.16. The number of hydrogen-bond acceptors (Lipinski definition) is 0. The molecule has 0 nitrogen and oxygen atoms in total. The minimum absolute atomic E-state index is 0.782. The molecule has 0 spiro atoms. The number of benzene rings is 6. The average molecular weight is 390 g/mol. The fourth-order valence-corrected chi connectivity index (χ4v) is 4.79. The van der Waals surface area contributed by atoms with Crippen molar-refractivity contribution in [2.24, 2.45) is 0 Å². The topological polar surface area (TPSA) is 0 Å². The van der Waals surface area contributed by atoms with Gasteiger partial charge in [-0.25, -0.2) is 0 Å². The van der Waals surface area contributed by atoms with Crippen LogP contribution in [-0.2, 0) is 0 Å². The quantitative estimate of drug-likeness (QED) is 0.215. The third-order valence-electron chi connectivity index (χ3n) is 6.14. The maximum absolute atomic E-state index is 6.16. The lowest BCUT2D eigenvalue weighted by molar-refractivity contribution is 1.68. The van der Waals surface area contributed by atoms with Crippen LogP contribution < -0.4 is 5.46 Å². The molecule has 0 amide bonds. The molecule has 0 saturated heterocycles. The monoisotopic (exact) mass is 390 g/mol. The summed E-state index contributed by atoms with van der Waals surface area (Å²) in [6.07, 6.45) is 0. The van der Waals surface area contributed by atoms with Gasteiger partial charge in [0.05, 0.1) is 0 Å². The molecule has 0 heterocycles.